The molecule has 0 nitrogen and oxygen atoms in total. The molecule has 0 amide bonds. The second-order valence-corrected chi connectivity index (χ2v) is 4.93. The zero-order chi connectivity index (χ0) is 20.6. The summed E-state index contributed by atoms with van der Waals surface area (Å²) < 4.78 is 185. The summed E-state index contributed by atoms with van der Waals surface area (Å²) in [4.78, 5) is 0. The van der Waals surface area contributed by atoms with Crippen LogP contribution in [-0.4, -0.2) is 23.7 Å². The second-order valence-electron chi connectivity index (χ2n) is 4.93. The molecule has 1 aromatic rings. The maximum atomic E-state index is 13.6. The predicted molar refractivity (Wildman–Crippen MR) is 54.0 cm³/mol. The monoisotopic (exact) mass is 410 g/mol. The van der Waals surface area contributed by atoms with Crippen LogP contribution in [0, 0.1) is 29.1 Å². The lowest BCUT2D eigenvalue weighted by molar-refractivity contribution is -0.355. The highest BCUT2D eigenvalue weighted by molar-refractivity contribution is 5.77. The Labute approximate surface area is 132 Å². The highest BCUT2D eigenvalue weighted by Gasteiger charge is 2.87. The Morgan fingerprint density at radius 1 is 0.423 bits per heavy atom. The third-order valence-corrected chi connectivity index (χ3v) is 3.45. The van der Waals surface area contributed by atoms with Gasteiger partial charge in [-0.3, -0.25) is 0 Å². The maximum absolute atomic E-state index is 13.6. The van der Waals surface area contributed by atoms with E-state index in [2.05, 4.69) is 0 Å². The van der Waals surface area contributed by atoms with Crippen LogP contribution in [0.5, 0.6) is 0 Å². The molecule has 0 aliphatic heterocycles. The summed E-state index contributed by atoms with van der Waals surface area (Å²) in [5.41, 5.74) is -7.01. The van der Waals surface area contributed by atoms with Crippen molar-refractivity contribution in [3.05, 3.63) is 40.5 Å². The maximum Gasteiger partial charge on any atom is 0.385 e. The molecule has 14 heteroatoms. The fraction of sp³-hybridized carbons (Fsp3) is 0.333. The van der Waals surface area contributed by atoms with Crippen molar-refractivity contribution < 1.29 is 61.5 Å². The van der Waals surface area contributed by atoms with Crippen LogP contribution in [0.25, 0.3) is 5.57 Å². The Morgan fingerprint density at radius 2 is 0.731 bits per heavy atom. The number of hydrogen-bond donors (Lipinski definition) is 0. The molecular weight excluding hydrogens is 410 g/mol. The third kappa shape index (κ3) is 2.03. The molecule has 0 spiro atoms. The molecule has 0 aromatic heterocycles. The van der Waals surface area contributed by atoms with Crippen LogP contribution in [0.3, 0.4) is 0 Å². The Hall–Kier alpha value is -2.02. The number of halogens is 14. The Morgan fingerprint density at radius 3 is 1.12 bits per heavy atom. The molecular formula is C12F14. The van der Waals surface area contributed by atoms with Gasteiger partial charge >= 0.3 is 23.7 Å². The molecule has 0 radical (unpaired) electrons. The molecule has 0 unspecified atom stereocenters. The molecule has 1 aliphatic rings. The smallest absolute Gasteiger partial charge is 0.204 e. The Balaban J connectivity index is 3.08. The first-order valence-electron chi connectivity index (χ1n) is 5.90. The van der Waals surface area contributed by atoms with Gasteiger partial charge in [0.1, 0.15) is 0 Å². The van der Waals surface area contributed by atoms with E-state index in [-0.39, 0.29) is 0 Å². The molecule has 26 heavy (non-hydrogen) atoms. The van der Waals surface area contributed by atoms with Crippen molar-refractivity contribution in [3.8, 4) is 0 Å². The molecule has 0 bridgehead atoms. The minimum atomic E-state index is -7.16. The zero-order valence-corrected chi connectivity index (χ0v) is 11.3. The van der Waals surface area contributed by atoms with Gasteiger partial charge in [0.15, 0.2) is 29.1 Å². The Kier molecular flexibility index (Phi) is 4.10. The van der Waals surface area contributed by atoms with Gasteiger partial charge in [0.05, 0.1) is 11.1 Å². The lowest BCUT2D eigenvalue weighted by Gasteiger charge is -2.41. The quantitative estimate of drug-likeness (QED) is 0.321. The van der Waals surface area contributed by atoms with Gasteiger partial charge in [0.25, 0.3) is 0 Å². The van der Waals surface area contributed by atoms with Crippen LogP contribution in [0.2, 0.25) is 0 Å². The van der Waals surface area contributed by atoms with Crippen molar-refractivity contribution in [2.45, 2.75) is 23.7 Å². The van der Waals surface area contributed by atoms with Crippen LogP contribution < -0.4 is 0 Å². The van der Waals surface area contributed by atoms with E-state index in [0.717, 1.165) is 0 Å². The molecule has 0 atom stereocenters. The van der Waals surface area contributed by atoms with Gasteiger partial charge < -0.3 is 0 Å². The fourth-order valence-electron chi connectivity index (χ4n) is 2.08. The largest absolute Gasteiger partial charge is 0.385 e. The summed E-state index contributed by atoms with van der Waals surface area (Å²) in [6.07, 6.45) is 0. The minimum absolute atomic E-state index is 3.02. The first-order valence-corrected chi connectivity index (χ1v) is 5.90. The van der Waals surface area contributed by atoms with Gasteiger partial charge in [-0.2, -0.15) is 35.1 Å². The number of alkyl halides is 8. The van der Waals surface area contributed by atoms with E-state index in [1.807, 2.05) is 0 Å². The van der Waals surface area contributed by atoms with E-state index >= 15 is 0 Å². The topological polar surface area (TPSA) is 0 Å². The molecule has 0 heterocycles. The third-order valence-electron chi connectivity index (χ3n) is 3.45. The van der Waals surface area contributed by atoms with Crippen molar-refractivity contribution in [1.29, 1.82) is 0 Å². The van der Waals surface area contributed by atoms with E-state index in [4.69, 9.17) is 0 Å². The average molecular weight is 410 g/mol. The summed E-state index contributed by atoms with van der Waals surface area (Å²) in [5, 5.41) is 0. The summed E-state index contributed by atoms with van der Waals surface area (Å²) in [5.74, 6) is -48.0. The standard InChI is InChI=1S/C12F14/c13-3-1(4(14)6(16)7(17)5(3)15)2-8(18)10(21,22)12(25,26)11(23,24)9(2,19)20. The van der Waals surface area contributed by atoms with Crippen LogP contribution in [-0.2, 0) is 0 Å². The van der Waals surface area contributed by atoms with Crippen LogP contribution in [0.1, 0.15) is 5.56 Å². The van der Waals surface area contributed by atoms with Crippen molar-refractivity contribution in [3.63, 3.8) is 0 Å². The number of allylic oxidation sites excluding steroid dienone is 2. The number of rotatable bonds is 1. The van der Waals surface area contributed by atoms with Gasteiger partial charge in [-0.15, -0.1) is 0 Å². The van der Waals surface area contributed by atoms with Crippen molar-refractivity contribution >= 4 is 5.57 Å². The van der Waals surface area contributed by atoms with Gasteiger partial charge in [0.2, 0.25) is 5.82 Å². The molecule has 0 saturated heterocycles. The number of benzene rings is 1. The highest BCUT2D eigenvalue weighted by Crippen LogP contribution is 2.64. The number of hydrogen-bond acceptors (Lipinski definition) is 0. The van der Waals surface area contributed by atoms with E-state index in [1.165, 1.54) is 0 Å². The summed E-state index contributed by atoms with van der Waals surface area (Å²) in [6, 6.07) is 0. The first-order chi connectivity index (χ1) is 11.5. The molecule has 0 N–H and O–H groups in total. The molecule has 0 saturated carbocycles. The van der Waals surface area contributed by atoms with E-state index in [0.29, 0.717) is 0 Å². The molecule has 1 aliphatic carbocycles. The van der Waals surface area contributed by atoms with Crippen molar-refractivity contribution in [1.82, 2.24) is 0 Å². The van der Waals surface area contributed by atoms with Crippen LogP contribution >= 0.6 is 0 Å². The lowest BCUT2D eigenvalue weighted by atomic mass is 9.81. The van der Waals surface area contributed by atoms with Gasteiger partial charge in [0, 0.05) is 0 Å². The zero-order valence-electron chi connectivity index (χ0n) is 11.3. The highest BCUT2D eigenvalue weighted by atomic mass is 19.4. The normalized spacial score (nSPS) is 23.3. The lowest BCUT2D eigenvalue weighted by Crippen LogP contribution is -2.66. The fourth-order valence-corrected chi connectivity index (χ4v) is 2.08. The van der Waals surface area contributed by atoms with E-state index < -0.39 is 69.7 Å². The summed E-state index contributed by atoms with van der Waals surface area (Å²) >= 11 is 0. The minimum Gasteiger partial charge on any atom is -0.204 e. The SMILES string of the molecule is FC1=C(c2c(F)c(F)c(F)c(F)c2F)C(F)(F)C(F)(F)C(F)(F)C1(F)F. The van der Waals surface area contributed by atoms with Crippen molar-refractivity contribution in [2.24, 2.45) is 0 Å². The average Bonchev–Trinajstić information content (AvgIpc) is 2.52. The van der Waals surface area contributed by atoms with Crippen molar-refractivity contribution in [2.75, 3.05) is 0 Å². The first kappa shape index (κ1) is 20.3. The van der Waals surface area contributed by atoms with E-state index in [1.54, 1.807) is 0 Å². The second kappa shape index (κ2) is 5.25. The van der Waals surface area contributed by atoms with Crippen LogP contribution in [0.15, 0.2) is 5.83 Å². The Bertz CT molecular complexity index is 789. The molecule has 0 fully saturated rings. The molecule has 1 aromatic carbocycles. The van der Waals surface area contributed by atoms with Gasteiger partial charge in [-0.25, -0.2) is 26.3 Å². The van der Waals surface area contributed by atoms with E-state index in [9.17, 15) is 61.5 Å². The van der Waals surface area contributed by atoms with Gasteiger partial charge in [-0.05, 0) is 0 Å². The summed E-state index contributed by atoms with van der Waals surface area (Å²) in [6.45, 7) is 0. The molecule has 146 valence electrons. The predicted octanol–water partition coefficient (Wildman–Crippen LogP) is 5.62. The van der Waals surface area contributed by atoms with Crippen LogP contribution in [0.4, 0.5) is 61.5 Å². The molecule has 2 rings (SSSR count). The summed E-state index contributed by atoms with van der Waals surface area (Å²) in [7, 11) is 0. The van der Waals surface area contributed by atoms with Gasteiger partial charge in [-0.1, -0.05) is 0 Å².